The molecule has 1 heterocycles. The van der Waals surface area contributed by atoms with Crippen LogP contribution in [0.4, 0.5) is 0 Å². The van der Waals surface area contributed by atoms with Gasteiger partial charge in [0.1, 0.15) is 0 Å². The summed E-state index contributed by atoms with van der Waals surface area (Å²) in [6.45, 7) is 6.87. The van der Waals surface area contributed by atoms with Gasteiger partial charge in [-0.1, -0.05) is 19.3 Å². The summed E-state index contributed by atoms with van der Waals surface area (Å²) >= 11 is 0. The summed E-state index contributed by atoms with van der Waals surface area (Å²) in [4.78, 5) is 17.0. The van der Waals surface area contributed by atoms with Crippen LogP contribution in [-0.2, 0) is 4.79 Å². The molecule has 5 heteroatoms. The second-order valence-electron chi connectivity index (χ2n) is 6.94. The van der Waals surface area contributed by atoms with Gasteiger partial charge >= 0.3 is 0 Å². The van der Waals surface area contributed by atoms with Gasteiger partial charge in [0.2, 0.25) is 5.91 Å². The van der Waals surface area contributed by atoms with E-state index in [1.54, 1.807) is 0 Å². The highest BCUT2D eigenvalue weighted by molar-refractivity contribution is 5.76. The van der Waals surface area contributed by atoms with Crippen LogP contribution in [0.3, 0.4) is 0 Å². The zero-order valence-corrected chi connectivity index (χ0v) is 13.6. The number of hydrogen-bond acceptors (Lipinski definition) is 4. The Morgan fingerprint density at radius 1 is 1.14 bits per heavy atom. The molecule has 0 aromatic carbocycles. The van der Waals surface area contributed by atoms with Crippen LogP contribution >= 0.6 is 0 Å². The lowest BCUT2D eigenvalue weighted by Crippen LogP contribution is -2.47. The molecule has 0 atom stereocenters. The molecular formula is C16H32N4O. The van der Waals surface area contributed by atoms with Crippen LogP contribution in [0.25, 0.3) is 0 Å². The summed E-state index contributed by atoms with van der Waals surface area (Å²) in [5, 5.41) is 3.10. The molecule has 0 bridgehead atoms. The van der Waals surface area contributed by atoms with Crippen molar-refractivity contribution in [3.8, 4) is 0 Å². The molecule has 3 N–H and O–H groups in total. The molecular weight excluding hydrogens is 264 g/mol. The molecule has 1 saturated heterocycles. The van der Waals surface area contributed by atoms with Gasteiger partial charge in [0.15, 0.2) is 0 Å². The van der Waals surface area contributed by atoms with E-state index in [1.807, 2.05) is 0 Å². The van der Waals surface area contributed by atoms with Crippen LogP contribution in [-0.4, -0.2) is 68.6 Å². The Labute approximate surface area is 129 Å². The van der Waals surface area contributed by atoms with Crippen LogP contribution < -0.4 is 11.1 Å². The highest BCUT2D eigenvalue weighted by atomic mass is 16.1. The van der Waals surface area contributed by atoms with E-state index >= 15 is 0 Å². The zero-order valence-electron chi connectivity index (χ0n) is 13.6. The van der Waals surface area contributed by atoms with Crippen molar-refractivity contribution in [3.63, 3.8) is 0 Å². The van der Waals surface area contributed by atoms with E-state index in [4.69, 9.17) is 5.73 Å². The first-order valence-electron chi connectivity index (χ1n) is 8.51. The number of likely N-dealkylation sites (N-methyl/N-ethyl adjacent to an activating group) is 1. The number of carbonyl (C=O) groups is 1. The van der Waals surface area contributed by atoms with Gasteiger partial charge < -0.3 is 16.0 Å². The number of nitrogens with two attached hydrogens (primary N) is 1. The molecule has 1 amide bonds. The van der Waals surface area contributed by atoms with Gasteiger partial charge in [-0.3, -0.25) is 9.69 Å². The predicted octanol–water partition coefficient (Wildman–Crippen LogP) is 0.649. The molecule has 2 rings (SSSR count). The lowest BCUT2D eigenvalue weighted by Gasteiger charge is -2.36. The van der Waals surface area contributed by atoms with Gasteiger partial charge in [0.05, 0.1) is 0 Å². The maximum atomic E-state index is 12.2. The number of nitrogens with one attached hydrogen (secondary N) is 1. The summed E-state index contributed by atoms with van der Waals surface area (Å²) in [5.41, 5.74) is 6.03. The fourth-order valence-corrected chi connectivity index (χ4v) is 3.58. The Morgan fingerprint density at radius 2 is 1.81 bits per heavy atom. The van der Waals surface area contributed by atoms with Gasteiger partial charge in [-0.2, -0.15) is 0 Å². The van der Waals surface area contributed by atoms with Crippen LogP contribution in [0.2, 0.25) is 0 Å². The minimum atomic E-state index is 0.0795. The van der Waals surface area contributed by atoms with Crippen LogP contribution in [0.5, 0.6) is 0 Å². The van der Waals surface area contributed by atoms with Crippen molar-refractivity contribution in [2.75, 3.05) is 52.9 Å². The number of nitrogens with zero attached hydrogens (tertiary/aromatic N) is 2. The topological polar surface area (TPSA) is 61.6 Å². The lowest BCUT2D eigenvalue weighted by molar-refractivity contribution is -0.123. The van der Waals surface area contributed by atoms with Crippen LogP contribution in [0.1, 0.15) is 38.5 Å². The quantitative estimate of drug-likeness (QED) is 0.755. The first-order valence-corrected chi connectivity index (χ1v) is 8.51. The Bertz CT molecular complexity index is 320. The van der Waals surface area contributed by atoms with E-state index in [0.717, 1.165) is 52.1 Å². The predicted molar refractivity (Wildman–Crippen MR) is 86.1 cm³/mol. The molecule has 0 radical (unpaired) electrons. The first-order chi connectivity index (χ1) is 10.1. The minimum absolute atomic E-state index is 0.0795. The summed E-state index contributed by atoms with van der Waals surface area (Å²) < 4.78 is 0. The molecule has 1 aliphatic carbocycles. The molecule has 2 aliphatic rings. The third-order valence-electron chi connectivity index (χ3n) is 5.23. The third-order valence-corrected chi connectivity index (χ3v) is 5.23. The summed E-state index contributed by atoms with van der Waals surface area (Å²) in [5.74, 6) is 0.191. The molecule has 1 saturated carbocycles. The fraction of sp³-hybridized carbons (Fsp3) is 0.938. The van der Waals surface area contributed by atoms with Crippen LogP contribution in [0.15, 0.2) is 0 Å². The number of rotatable bonds is 6. The van der Waals surface area contributed by atoms with Crippen molar-refractivity contribution in [1.82, 2.24) is 15.1 Å². The number of hydrogen-bond donors (Lipinski definition) is 2. The molecule has 0 spiro atoms. The summed E-state index contributed by atoms with van der Waals surface area (Å²) in [6.07, 6.45) is 6.61. The van der Waals surface area contributed by atoms with E-state index in [-0.39, 0.29) is 11.3 Å². The normalized spacial score (nSPS) is 23.9. The highest BCUT2D eigenvalue weighted by Gasteiger charge is 2.32. The Hall–Kier alpha value is -0.650. The van der Waals surface area contributed by atoms with Crippen molar-refractivity contribution >= 4 is 5.91 Å². The van der Waals surface area contributed by atoms with E-state index in [2.05, 4.69) is 22.2 Å². The third kappa shape index (κ3) is 5.24. The number of piperazine rings is 1. The SMILES string of the molecule is CN1CCN(CCNC(=O)CC2(CN)CCCCC2)CC1. The maximum Gasteiger partial charge on any atom is 0.220 e. The first kappa shape index (κ1) is 16.7. The average Bonchev–Trinajstić information content (AvgIpc) is 2.50. The maximum absolute atomic E-state index is 12.2. The van der Waals surface area contributed by atoms with Crippen LogP contribution in [0, 0.1) is 5.41 Å². The standard InChI is InChI=1S/C16H32N4O/c1-19-9-11-20(12-10-19)8-7-18-15(21)13-16(14-17)5-3-2-4-6-16/h2-14,17H2,1H3,(H,18,21). The highest BCUT2D eigenvalue weighted by Crippen LogP contribution is 2.38. The Morgan fingerprint density at radius 3 is 2.43 bits per heavy atom. The van der Waals surface area contributed by atoms with E-state index in [0.29, 0.717) is 13.0 Å². The molecule has 2 fully saturated rings. The van der Waals surface area contributed by atoms with Crippen molar-refractivity contribution in [2.24, 2.45) is 11.1 Å². The zero-order chi connectivity index (χ0) is 15.1. The van der Waals surface area contributed by atoms with Crippen molar-refractivity contribution < 1.29 is 4.79 Å². The fourth-order valence-electron chi connectivity index (χ4n) is 3.58. The smallest absolute Gasteiger partial charge is 0.220 e. The number of amides is 1. The van der Waals surface area contributed by atoms with E-state index in [9.17, 15) is 4.79 Å². The Balaban J connectivity index is 1.65. The van der Waals surface area contributed by atoms with E-state index in [1.165, 1.54) is 19.3 Å². The molecule has 0 unspecified atom stereocenters. The van der Waals surface area contributed by atoms with Gasteiger partial charge in [-0.15, -0.1) is 0 Å². The lowest BCUT2D eigenvalue weighted by atomic mass is 9.71. The van der Waals surface area contributed by atoms with E-state index < -0.39 is 0 Å². The van der Waals surface area contributed by atoms with Gasteiger partial charge in [-0.05, 0) is 31.8 Å². The average molecular weight is 296 g/mol. The second-order valence-corrected chi connectivity index (χ2v) is 6.94. The molecule has 5 nitrogen and oxygen atoms in total. The summed E-state index contributed by atoms with van der Waals surface area (Å²) in [7, 11) is 2.16. The molecule has 1 aliphatic heterocycles. The Kier molecular flexibility index (Phi) is 6.45. The van der Waals surface area contributed by atoms with Gasteiger partial charge in [0.25, 0.3) is 0 Å². The molecule has 0 aromatic heterocycles. The summed E-state index contributed by atoms with van der Waals surface area (Å²) in [6, 6.07) is 0. The van der Waals surface area contributed by atoms with Gasteiger partial charge in [-0.25, -0.2) is 0 Å². The molecule has 0 aromatic rings. The minimum Gasteiger partial charge on any atom is -0.355 e. The van der Waals surface area contributed by atoms with Gasteiger partial charge in [0, 0.05) is 45.7 Å². The molecule has 21 heavy (non-hydrogen) atoms. The molecule has 122 valence electrons. The largest absolute Gasteiger partial charge is 0.355 e. The van der Waals surface area contributed by atoms with Crippen molar-refractivity contribution in [2.45, 2.75) is 38.5 Å². The second kappa shape index (κ2) is 8.11. The number of carbonyl (C=O) groups excluding carboxylic acids is 1. The van der Waals surface area contributed by atoms with Crippen molar-refractivity contribution in [3.05, 3.63) is 0 Å². The van der Waals surface area contributed by atoms with Crippen molar-refractivity contribution in [1.29, 1.82) is 0 Å². The monoisotopic (exact) mass is 296 g/mol.